The van der Waals surface area contributed by atoms with Gasteiger partial charge >= 0.3 is 11.9 Å². The van der Waals surface area contributed by atoms with Crippen LogP contribution in [0.2, 0.25) is 0 Å². The summed E-state index contributed by atoms with van der Waals surface area (Å²) >= 11 is 0. The highest BCUT2D eigenvalue weighted by atomic mass is 16.5. The molecule has 0 saturated heterocycles. The number of unbranched alkanes of at least 4 members (excludes halogenated alkanes) is 3. The van der Waals surface area contributed by atoms with E-state index in [0.29, 0.717) is 37.2 Å². The fourth-order valence-corrected chi connectivity index (χ4v) is 5.55. The summed E-state index contributed by atoms with van der Waals surface area (Å²) in [6, 6.07) is 0. The predicted molar refractivity (Wildman–Crippen MR) is 112 cm³/mol. The summed E-state index contributed by atoms with van der Waals surface area (Å²) in [5.41, 5.74) is 0.179. The Bertz CT molecular complexity index is 513. The molecule has 0 radical (unpaired) electrons. The van der Waals surface area contributed by atoms with Crippen LogP contribution in [0.3, 0.4) is 0 Å². The van der Waals surface area contributed by atoms with E-state index in [1.807, 2.05) is 0 Å². The lowest BCUT2D eigenvalue weighted by molar-refractivity contribution is -0.163. The Balaban J connectivity index is 1.89. The van der Waals surface area contributed by atoms with Crippen LogP contribution in [0, 0.1) is 35.0 Å². The zero-order valence-electron chi connectivity index (χ0n) is 18.5. The SMILES string of the molecule is CCCCCCC1CCCC(COC(=O)C2CCC(C)CC2C(=O)O)C1(C)C. The van der Waals surface area contributed by atoms with Crippen molar-refractivity contribution >= 4 is 11.9 Å². The van der Waals surface area contributed by atoms with E-state index >= 15 is 0 Å². The number of rotatable bonds is 9. The molecule has 2 saturated carbocycles. The third kappa shape index (κ3) is 5.97. The number of esters is 1. The first-order valence-corrected chi connectivity index (χ1v) is 11.7. The summed E-state index contributed by atoms with van der Waals surface area (Å²) in [7, 11) is 0. The van der Waals surface area contributed by atoms with Gasteiger partial charge in [0.05, 0.1) is 18.4 Å². The van der Waals surface area contributed by atoms with E-state index in [2.05, 4.69) is 27.7 Å². The molecule has 4 heteroatoms. The van der Waals surface area contributed by atoms with Gasteiger partial charge in [-0.05, 0) is 61.7 Å². The molecular formula is C24H42O4. The van der Waals surface area contributed by atoms with E-state index < -0.39 is 17.8 Å². The van der Waals surface area contributed by atoms with Crippen molar-refractivity contribution in [3.05, 3.63) is 0 Å². The van der Waals surface area contributed by atoms with Crippen LogP contribution in [-0.4, -0.2) is 23.7 Å². The molecule has 2 fully saturated rings. The van der Waals surface area contributed by atoms with Gasteiger partial charge in [0.1, 0.15) is 0 Å². The summed E-state index contributed by atoms with van der Waals surface area (Å²) < 4.78 is 5.76. The number of aliphatic carboxylic acids is 1. The highest BCUT2D eigenvalue weighted by molar-refractivity contribution is 5.81. The second kappa shape index (κ2) is 10.6. The van der Waals surface area contributed by atoms with E-state index in [1.54, 1.807) is 0 Å². The van der Waals surface area contributed by atoms with Crippen LogP contribution in [0.15, 0.2) is 0 Å². The predicted octanol–water partition coefficient (Wildman–Crippen LogP) is 6.08. The van der Waals surface area contributed by atoms with Gasteiger partial charge in [0, 0.05) is 0 Å². The number of carboxylic acid groups (broad SMARTS) is 1. The summed E-state index contributed by atoms with van der Waals surface area (Å²) in [6.45, 7) is 9.46. The first-order chi connectivity index (χ1) is 13.3. The van der Waals surface area contributed by atoms with Gasteiger partial charge in [-0.2, -0.15) is 0 Å². The van der Waals surface area contributed by atoms with Gasteiger partial charge in [-0.1, -0.05) is 59.8 Å². The number of carbonyl (C=O) groups excluding carboxylic acids is 1. The molecule has 1 N–H and O–H groups in total. The number of hydrogen-bond donors (Lipinski definition) is 1. The van der Waals surface area contributed by atoms with Crippen LogP contribution in [-0.2, 0) is 14.3 Å². The van der Waals surface area contributed by atoms with Crippen LogP contribution in [0.1, 0.15) is 98.3 Å². The van der Waals surface area contributed by atoms with Crippen molar-refractivity contribution < 1.29 is 19.4 Å². The van der Waals surface area contributed by atoms with Gasteiger partial charge in [-0.15, -0.1) is 0 Å². The normalized spacial score (nSPS) is 32.6. The molecule has 4 nitrogen and oxygen atoms in total. The second-order valence-electron chi connectivity index (χ2n) is 10.1. The van der Waals surface area contributed by atoms with Crippen molar-refractivity contribution in [2.45, 2.75) is 98.3 Å². The number of carbonyl (C=O) groups is 2. The standard InChI is InChI=1S/C24H42O4/c1-5-6-7-8-10-18-11-9-12-19(24(18,3)4)16-28-23(27)20-14-13-17(2)15-21(20)22(25)26/h17-21H,5-16H2,1-4H3,(H,25,26). The largest absolute Gasteiger partial charge is 0.481 e. The number of hydrogen-bond acceptors (Lipinski definition) is 3. The molecule has 0 bridgehead atoms. The molecule has 162 valence electrons. The minimum absolute atomic E-state index is 0.179. The van der Waals surface area contributed by atoms with Crippen molar-refractivity contribution in [2.24, 2.45) is 35.0 Å². The van der Waals surface area contributed by atoms with Gasteiger partial charge in [0.2, 0.25) is 0 Å². The first kappa shape index (κ1) is 23.2. The molecule has 2 aliphatic rings. The van der Waals surface area contributed by atoms with Crippen molar-refractivity contribution in [3.8, 4) is 0 Å². The van der Waals surface area contributed by atoms with Crippen molar-refractivity contribution in [3.63, 3.8) is 0 Å². The fourth-order valence-electron chi connectivity index (χ4n) is 5.55. The molecule has 2 aliphatic carbocycles. The topological polar surface area (TPSA) is 63.6 Å². The molecule has 2 rings (SSSR count). The molecule has 0 aliphatic heterocycles. The van der Waals surface area contributed by atoms with Crippen molar-refractivity contribution in [1.82, 2.24) is 0 Å². The monoisotopic (exact) mass is 394 g/mol. The van der Waals surface area contributed by atoms with Crippen LogP contribution in [0.5, 0.6) is 0 Å². The summed E-state index contributed by atoms with van der Waals surface area (Å²) in [5.74, 6) is -0.724. The van der Waals surface area contributed by atoms with Crippen molar-refractivity contribution in [1.29, 1.82) is 0 Å². The Labute approximate surface area is 171 Å². The summed E-state index contributed by atoms with van der Waals surface area (Å²) in [5, 5.41) is 9.52. The summed E-state index contributed by atoms with van der Waals surface area (Å²) in [4.78, 5) is 24.3. The van der Waals surface area contributed by atoms with Gasteiger partial charge in [0.25, 0.3) is 0 Å². The molecule has 28 heavy (non-hydrogen) atoms. The molecule has 0 aromatic heterocycles. The zero-order chi connectivity index (χ0) is 20.7. The Kier molecular flexibility index (Phi) is 8.82. The van der Waals surface area contributed by atoms with E-state index in [-0.39, 0.29) is 11.4 Å². The lowest BCUT2D eigenvalue weighted by atomic mass is 9.61. The lowest BCUT2D eigenvalue weighted by Gasteiger charge is -2.45. The molecule has 5 unspecified atom stereocenters. The van der Waals surface area contributed by atoms with Gasteiger partial charge in [0.15, 0.2) is 0 Å². The average molecular weight is 395 g/mol. The van der Waals surface area contributed by atoms with Crippen LogP contribution < -0.4 is 0 Å². The second-order valence-corrected chi connectivity index (χ2v) is 10.1. The Hall–Kier alpha value is -1.06. The molecule has 5 atom stereocenters. The maximum absolute atomic E-state index is 12.7. The van der Waals surface area contributed by atoms with Crippen LogP contribution in [0.25, 0.3) is 0 Å². The first-order valence-electron chi connectivity index (χ1n) is 11.7. The minimum atomic E-state index is -0.848. The van der Waals surface area contributed by atoms with E-state index in [9.17, 15) is 14.7 Å². The molecule has 0 aromatic rings. The van der Waals surface area contributed by atoms with Crippen LogP contribution in [0.4, 0.5) is 0 Å². The van der Waals surface area contributed by atoms with Gasteiger partial charge in [-0.3, -0.25) is 9.59 Å². The van der Waals surface area contributed by atoms with Crippen LogP contribution >= 0.6 is 0 Å². The summed E-state index contributed by atoms with van der Waals surface area (Å²) in [6.07, 6.45) is 12.2. The highest BCUT2D eigenvalue weighted by Crippen LogP contribution is 2.47. The number of carboxylic acids is 1. The average Bonchev–Trinajstić information content (AvgIpc) is 2.64. The van der Waals surface area contributed by atoms with Gasteiger partial charge < -0.3 is 9.84 Å². The van der Waals surface area contributed by atoms with Crippen molar-refractivity contribution in [2.75, 3.05) is 6.61 Å². The fraction of sp³-hybridized carbons (Fsp3) is 0.917. The maximum Gasteiger partial charge on any atom is 0.309 e. The third-order valence-corrected chi connectivity index (χ3v) is 7.77. The molecular weight excluding hydrogens is 352 g/mol. The Morgan fingerprint density at radius 3 is 2.39 bits per heavy atom. The minimum Gasteiger partial charge on any atom is -0.481 e. The van der Waals surface area contributed by atoms with Gasteiger partial charge in [-0.25, -0.2) is 0 Å². The number of ether oxygens (including phenoxy) is 1. The zero-order valence-corrected chi connectivity index (χ0v) is 18.5. The molecule has 0 heterocycles. The highest BCUT2D eigenvalue weighted by Gasteiger charge is 2.42. The molecule has 0 amide bonds. The maximum atomic E-state index is 12.7. The van der Waals surface area contributed by atoms with E-state index in [0.717, 1.165) is 12.8 Å². The van der Waals surface area contributed by atoms with E-state index in [4.69, 9.17) is 4.74 Å². The van der Waals surface area contributed by atoms with E-state index in [1.165, 1.54) is 44.9 Å². The lowest BCUT2D eigenvalue weighted by Crippen LogP contribution is -2.41. The molecule has 0 aromatic carbocycles. The molecule has 0 spiro atoms. The smallest absolute Gasteiger partial charge is 0.309 e. The Morgan fingerprint density at radius 1 is 1.00 bits per heavy atom. The Morgan fingerprint density at radius 2 is 1.71 bits per heavy atom. The third-order valence-electron chi connectivity index (χ3n) is 7.77. The quantitative estimate of drug-likeness (QED) is 0.380.